The number of benzene rings is 2. The molecule has 1 saturated heterocycles. The molecular weight excluding hydrogens is 458 g/mol. The van der Waals surface area contributed by atoms with E-state index >= 15 is 0 Å². The Kier molecular flexibility index (Phi) is 6.77. The Bertz CT molecular complexity index is 1130. The first kappa shape index (κ1) is 24.0. The van der Waals surface area contributed by atoms with Gasteiger partial charge >= 0.3 is 5.69 Å². The summed E-state index contributed by atoms with van der Waals surface area (Å²) < 4.78 is 32.2. The number of methoxy groups -OCH3 is 1. The van der Waals surface area contributed by atoms with Crippen LogP contribution in [-0.2, 0) is 20.2 Å². The Morgan fingerprint density at radius 3 is 2.22 bits per heavy atom. The predicted molar refractivity (Wildman–Crippen MR) is 119 cm³/mol. The average Bonchev–Trinajstić information content (AvgIpc) is 2.78. The third kappa shape index (κ3) is 4.57. The van der Waals surface area contributed by atoms with Crippen LogP contribution in [0.5, 0.6) is 5.75 Å². The van der Waals surface area contributed by atoms with E-state index in [1.807, 2.05) is 13.8 Å². The number of carbonyl (C=O) groups excluding carboxylic acids is 1. The van der Waals surface area contributed by atoms with Crippen LogP contribution in [0.15, 0.2) is 47.4 Å². The van der Waals surface area contributed by atoms with Crippen molar-refractivity contribution < 1.29 is 22.9 Å². The lowest BCUT2D eigenvalue weighted by molar-refractivity contribution is -0.386. The van der Waals surface area contributed by atoms with Gasteiger partial charge in [0.1, 0.15) is 0 Å². The highest BCUT2D eigenvalue weighted by molar-refractivity contribution is 7.89. The van der Waals surface area contributed by atoms with E-state index in [4.69, 9.17) is 16.3 Å². The molecule has 3 rings (SSSR count). The zero-order valence-electron chi connectivity index (χ0n) is 17.9. The van der Waals surface area contributed by atoms with Gasteiger partial charge in [-0.1, -0.05) is 23.7 Å². The molecule has 0 saturated carbocycles. The minimum Gasteiger partial charge on any atom is -0.490 e. The zero-order valence-corrected chi connectivity index (χ0v) is 19.5. The summed E-state index contributed by atoms with van der Waals surface area (Å²) in [6.45, 7) is 4.24. The summed E-state index contributed by atoms with van der Waals surface area (Å²) in [5.74, 6) is -0.134. The van der Waals surface area contributed by atoms with E-state index in [1.54, 1.807) is 29.2 Å². The van der Waals surface area contributed by atoms with E-state index in [1.165, 1.54) is 23.5 Å². The van der Waals surface area contributed by atoms with E-state index in [0.29, 0.717) is 5.02 Å². The molecule has 9 nitrogen and oxygen atoms in total. The molecule has 0 aliphatic carbocycles. The zero-order chi connectivity index (χ0) is 23.7. The van der Waals surface area contributed by atoms with Crippen molar-refractivity contribution in [3.63, 3.8) is 0 Å². The number of piperazine rings is 1. The van der Waals surface area contributed by atoms with Gasteiger partial charge in [-0.25, -0.2) is 8.42 Å². The molecule has 0 bridgehead atoms. The summed E-state index contributed by atoms with van der Waals surface area (Å²) in [6, 6.07) is 10.6. The van der Waals surface area contributed by atoms with Crippen LogP contribution in [0.2, 0.25) is 5.02 Å². The number of hydrogen-bond acceptors (Lipinski definition) is 6. The van der Waals surface area contributed by atoms with Gasteiger partial charge in [0.25, 0.3) is 0 Å². The minimum atomic E-state index is -3.96. The normalized spacial score (nSPS) is 15.4. The third-order valence-corrected chi connectivity index (χ3v) is 7.76. The van der Waals surface area contributed by atoms with Crippen molar-refractivity contribution in [3.8, 4) is 5.75 Å². The maximum Gasteiger partial charge on any atom is 0.312 e. The number of carbonyl (C=O) groups is 1. The number of nitrogens with zero attached hydrogens (tertiary/aromatic N) is 3. The number of sulfonamides is 1. The van der Waals surface area contributed by atoms with Crippen LogP contribution in [-0.4, -0.2) is 61.7 Å². The molecule has 1 heterocycles. The molecule has 0 atom stereocenters. The molecule has 1 amide bonds. The molecular formula is C21H24ClN3O6S. The molecule has 1 aliphatic rings. The average molecular weight is 482 g/mol. The Morgan fingerprint density at radius 2 is 1.69 bits per heavy atom. The van der Waals surface area contributed by atoms with Gasteiger partial charge in [0.05, 0.1) is 22.3 Å². The van der Waals surface area contributed by atoms with Crippen molar-refractivity contribution in [2.45, 2.75) is 24.2 Å². The second-order valence-electron chi connectivity index (χ2n) is 7.92. The third-order valence-electron chi connectivity index (χ3n) is 5.61. The number of nitro benzene ring substituents is 1. The van der Waals surface area contributed by atoms with Crippen LogP contribution in [0.3, 0.4) is 0 Å². The predicted octanol–water partition coefficient (Wildman–Crippen LogP) is 3.07. The maximum absolute atomic E-state index is 13.2. The SMILES string of the molecule is COc1ccc(S(=O)(=O)N2CCN(C(=O)C(C)(C)c3ccc(Cl)cc3)CC2)cc1[N+](=O)[O-]. The van der Waals surface area contributed by atoms with E-state index in [9.17, 15) is 23.3 Å². The second kappa shape index (κ2) is 9.05. The summed E-state index contributed by atoms with van der Waals surface area (Å²) in [6.07, 6.45) is 0. The Labute approximate surface area is 191 Å². The van der Waals surface area contributed by atoms with Crippen LogP contribution < -0.4 is 4.74 Å². The number of rotatable bonds is 6. The van der Waals surface area contributed by atoms with Crippen molar-refractivity contribution in [2.24, 2.45) is 0 Å². The fraction of sp³-hybridized carbons (Fsp3) is 0.381. The Morgan fingerprint density at radius 1 is 1.09 bits per heavy atom. The Balaban J connectivity index is 1.75. The first-order chi connectivity index (χ1) is 15.0. The smallest absolute Gasteiger partial charge is 0.312 e. The van der Waals surface area contributed by atoms with Crippen molar-refractivity contribution >= 4 is 33.2 Å². The summed E-state index contributed by atoms with van der Waals surface area (Å²) in [7, 11) is -2.69. The number of hydrogen-bond donors (Lipinski definition) is 0. The van der Waals surface area contributed by atoms with Crippen LogP contribution in [0.4, 0.5) is 5.69 Å². The van der Waals surface area contributed by atoms with Crippen molar-refractivity contribution in [3.05, 3.63) is 63.2 Å². The molecule has 0 radical (unpaired) electrons. The van der Waals surface area contributed by atoms with E-state index in [-0.39, 0.29) is 42.7 Å². The molecule has 0 aromatic heterocycles. The first-order valence-corrected chi connectivity index (χ1v) is 11.7. The molecule has 172 valence electrons. The van der Waals surface area contributed by atoms with Gasteiger partial charge in [0.15, 0.2) is 5.75 Å². The number of ether oxygens (including phenoxy) is 1. The van der Waals surface area contributed by atoms with E-state index in [2.05, 4.69) is 0 Å². The topological polar surface area (TPSA) is 110 Å². The molecule has 1 fully saturated rings. The fourth-order valence-electron chi connectivity index (χ4n) is 3.64. The lowest BCUT2D eigenvalue weighted by Gasteiger charge is -2.38. The standard InChI is InChI=1S/C21H24ClN3O6S/c1-21(2,15-4-6-16(22)7-5-15)20(26)23-10-12-24(13-11-23)32(29,30)17-8-9-19(31-3)18(14-17)25(27)28/h4-9,14H,10-13H2,1-3H3. The molecule has 0 unspecified atom stereocenters. The van der Waals surface area contributed by atoms with Crippen LogP contribution in [0.25, 0.3) is 0 Å². The van der Waals surface area contributed by atoms with Gasteiger partial charge in [-0.3, -0.25) is 14.9 Å². The van der Waals surface area contributed by atoms with Gasteiger partial charge in [-0.2, -0.15) is 4.31 Å². The van der Waals surface area contributed by atoms with Gasteiger partial charge in [0, 0.05) is 37.3 Å². The largest absolute Gasteiger partial charge is 0.490 e. The van der Waals surface area contributed by atoms with E-state index < -0.39 is 26.0 Å². The second-order valence-corrected chi connectivity index (χ2v) is 10.3. The number of nitro groups is 1. The molecule has 0 N–H and O–H groups in total. The minimum absolute atomic E-state index is 0.0196. The van der Waals surface area contributed by atoms with Crippen LogP contribution in [0, 0.1) is 10.1 Å². The maximum atomic E-state index is 13.2. The lowest BCUT2D eigenvalue weighted by atomic mass is 9.83. The first-order valence-electron chi connectivity index (χ1n) is 9.86. The van der Waals surface area contributed by atoms with Gasteiger partial charge in [0.2, 0.25) is 15.9 Å². The van der Waals surface area contributed by atoms with Crippen molar-refractivity contribution in [1.82, 2.24) is 9.21 Å². The molecule has 1 aliphatic heterocycles. The molecule has 32 heavy (non-hydrogen) atoms. The summed E-state index contributed by atoms with van der Waals surface area (Å²) in [5.41, 5.74) is -0.415. The van der Waals surface area contributed by atoms with Crippen LogP contribution >= 0.6 is 11.6 Å². The van der Waals surface area contributed by atoms with Crippen molar-refractivity contribution in [1.29, 1.82) is 0 Å². The number of amides is 1. The molecule has 2 aromatic carbocycles. The molecule has 0 spiro atoms. The van der Waals surface area contributed by atoms with Gasteiger partial charge < -0.3 is 9.64 Å². The summed E-state index contributed by atoms with van der Waals surface area (Å²) >= 11 is 5.94. The highest BCUT2D eigenvalue weighted by Gasteiger charge is 2.37. The Hall–Kier alpha value is -2.69. The molecule has 2 aromatic rings. The van der Waals surface area contributed by atoms with Crippen molar-refractivity contribution in [2.75, 3.05) is 33.3 Å². The highest BCUT2D eigenvalue weighted by Crippen LogP contribution is 2.32. The highest BCUT2D eigenvalue weighted by atomic mass is 35.5. The summed E-state index contributed by atoms with van der Waals surface area (Å²) in [4.78, 5) is 25.2. The molecule has 11 heteroatoms. The monoisotopic (exact) mass is 481 g/mol. The lowest BCUT2D eigenvalue weighted by Crippen LogP contribution is -2.54. The van der Waals surface area contributed by atoms with Crippen LogP contribution in [0.1, 0.15) is 19.4 Å². The fourth-order valence-corrected chi connectivity index (χ4v) is 5.21. The van der Waals surface area contributed by atoms with Gasteiger partial charge in [-0.05, 0) is 43.7 Å². The van der Waals surface area contributed by atoms with Gasteiger partial charge in [-0.15, -0.1) is 0 Å². The quantitative estimate of drug-likeness (QED) is 0.463. The number of halogens is 1. The van der Waals surface area contributed by atoms with E-state index in [0.717, 1.165) is 11.6 Å². The summed E-state index contributed by atoms with van der Waals surface area (Å²) in [5, 5.41) is 11.8.